The van der Waals surface area contributed by atoms with E-state index in [1.165, 1.54) is 4.88 Å². The highest BCUT2D eigenvalue weighted by atomic mass is 35.5. The van der Waals surface area contributed by atoms with E-state index >= 15 is 0 Å². The molecule has 1 aliphatic rings. The number of halogens is 1. The van der Waals surface area contributed by atoms with E-state index in [0.29, 0.717) is 6.54 Å². The maximum absolute atomic E-state index is 12.3. The molecule has 0 radical (unpaired) electrons. The van der Waals surface area contributed by atoms with Crippen LogP contribution in [0.1, 0.15) is 37.5 Å². The number of hydrogen-bond donors (Lipinski definition) is 2. The van der Waals surface area contributed by atoms with Crippen LogP contribution in [0.2, 0.25) is 0 Å². The molecule has 1 saturated carbocycles. The van der Waals surface area contributed by atoms with Gasteiger partial charge < -0.3 is 11.1 Å². The average Bonchev–Trinajstić information content (AvgIpc) is 2.99. The van der Waals surface area contributed by atoms with Gasteiger partial charge in [-0.3, -0.25) is 4.79 Å². The van der Waals surface area contributed by atoms with Crippen LogP contribution < -0.4 is 11.1 Å². The number of rotatable bonds is 5. The van der Waals surface area contributed by atoms with Crippen molar-refractivity contribution in [2.24, 2.45) is 11.1 Å². The second-order valence-electron chi connectivity index (χ2n) is 5.35. The van der Waals surface area contributed by atoms with Crippen LogP contribution in [0.5, 0.6) is 0 Å². The fraction of sp³-hybridized carbons (Fsp3) is 0.643. The van der Waals surface area contributed by atoms with Crippen LogP contribution >= 0.6 is 23.7 Å². The molecular weight excluding hydrogens is 280 g/mol. The first-order valence-corrected chi connectivity index (χ1v) is 7.58. The Balaban J connectivity index is 0.00000180. The summed E-state index contributed by atoms with van der Waals surface area (Å²) in [6.07, 6.45) is 5.06. The minimum Gasteiger partial charge on any atom is -0.353 e. The van der Waals surface area contributed by atoms with Crippen molar-refractivity contribution in [1.82, 2.24) is 5.32 Å². The number of nitrogens with one attached hydrogen (secondary N) is 1. The Morgan fingerprint density at radius 2 is 2.21 bits per heavy atom. The molecule has 1 unspecified atom stereocenters. The summed E-state index contributed by atoms with van der Waals surface area (Å²) in [6, 6.07) is 4.34. The molecule has 5 heteroatoms. The first kappa shape index (κ1) is 16.5. The van der Waals surface area contributed by atoms with Crippen molar-refractivity contribution in [3.05, 3.63) is 22.4 Å². The molecule has 0 aliphatic heterocycles. The van der Waals surface area contributed by atoms with E-state index in [0.717, 1.165) is 32.1 Å². The zero-order valence-corrected chi connectivity index (χ0v) is 13.0. The first-order valence-electron chi connectivity index (χ1n) is 6.70. The van der Waals surface area contributed by atoms with Crippen molar-refractivity contribution >= 4 is 29.7 Å². The molecule has 1 heterocycles. The molecule has 1 fully saturated rings. The van der Waals surface area contributed by atoms with Crippen LogP contribution in [0.15, 0.2) is 17.5 Å². The van der Waals surface area contributed by atoms with E-state index in [9.17, 15) is 4.79 Å². The fourth-order valence-electron chi connectivity index (χ4n) is 2.73. The van der Waals surface area contributed by atoms with Crippen molar-refractivity contribution in [3.63, 3.8) is 0 Å². The number of nitrogens with two attached hydrogens (primary N) is 1. The van der Waals surface area contributed by atoms with E-state index in [1.807, 2.05) is 6.07 Å². The molecule has 3 N–H and O–H groups in total. The smallest absolute Gasteiger partial charge is 0.227 e. The van der Waals surface area contributed by atoms with Gasteiger partial charge in [-0.15, -0.1) is 23.7 Å². The van der Waals surface area contributed by atoms with Crippen molar-refractivity contribution in [2.45, 2.75) is 45.1 Å². The lowest BCUT2D eigenvalue weighted by Crippen LogP contribution is -2.47. The van der Waals surface area contributed by atoms with Gasteiger partial charge in [-0.1, -0.05) is 18.9 Å². The SMILES string of the molecule is CC(Cc1cccs1)NC(=O)C1(CN)CCCC1.Cl. The molecule has 1 atom stereocenters. The van der Waals surface area contributed by atoms with E-state index in [4.69, 9.17) is 5.73 Å². The zero-order chi connectivity index (χ0) is 13.0. The molecule has 0 spiro atoms. The summed E-state index contributed by atoms with van der Waals surface area (Å²) in [6.45, 7) is 2.54. The third-order valence-electron chi connectivity index (χ3n) is 3.90. The molecule has 1 aliphatic carbocycles. The van der Waals surface area contributed by atoms with Crippen LogP contribution in [-0.2, 0) is 11.2 Å². The van der Waals surface area contributed by atoms with Crippen molar-refractivity contribution in [1.29, 1.82) is 0 Å². The van der Waals surface area contributed by atoms with Gasteiger partial charge in [0.05, 0.1) is 5.41 Å². The van der Waals surface area contributed by atoms with Crippen LogP contribution in [0.25, 0.3) is 0 Å². The Labute approximate surface area is 125 Å². The molecule has 1 aromatic rings. The van der Waals surface area contributed by atoms with Crippen molar-refractivity contribution in [2.75, 3.05) is 6.54 Å². The van der Waals surface area contributed by atoms with Crippen LogP contribution in [0.4, 0.5) is 0 Å². The molecule has 108 valence electrons. The predicted octanol–water partition coefficient (Wildman–Crippen LogP) is 2.74. The largest absolute Gasteiger partial charge is 0.353 e. The summed E-state index contributed by atoms with van der Waals surface area (Å²) in [7, 11) is 0. The number of amides is 1. The van der Waals surface area contributed by atoms with Gasteiger partial charge in [-0.25, -0.2) is 0 Å². The summed E-state index contributed by atoms with van der Waals surface area (Å²) in [4.78, 5) is 13.7. The molecule has 2 rings (SSSR count). The van der Waals surface area contributed by atoms with Gasteiger partial charge in [0.1, 0.15) is 0 Å². The van der Waals surface area contributed by atoms with Gasteiger partial charge in [0.15, 0.2) is 0 Å². The van der Waals surface area contributed by atoms with E-state index in [1.54, 1.807) is 11.3 Å². The highest BCUT2D eigenvalue weighted by Crippen LogP contribution is 2.37. The van der Waals surface area contributed by atoms with Gasteiger partial charge in [-0.05, 0) is 31.2 Å². The minimum absolute atomic E-state index is 0. The normalized spacial score (nSPS) is 18.6. The number of carbonyl (C=O) groups excluding carboxylic acids is 1. The van der Waals surface area contributed by atoms with Gasteiger partial charge in [0.2, 0.25) is 5.91 Å². The van der Waals surface area contributed by atoms with E-state index in [-0.39, 0.29) is 29.8 Å². The van der Waals surface area contributed by atoms with Gasteiger partial charge in [-0.2, -0.15) is 0 Å². The summed E-state index contributed by atoms with van der Waals surface area (Å²) in [5.41, 5.74) is 5.53. The zero-order valence-electron chi connectivity index (χ0n) is 11.4. The second-order valence-corrected chi connectivity index (χ2v) is 6.38. The highest BCUT2D eigenvalue weighted by molar-refractivity contribution is 7.09. The van der Waals surface area contributed by atoms with Crippen molar-refractivity contribution in [3.8, 4) is 0 Å². The lowest BCUT2D eigenvalue weighted by atomic mass is 9.85. The molecule has 0 aromatic carbocycles. The minimum atomic E-state index is -0.288. The Morgan fingerprint density at radius 3 is 2.74 bits per heavy atom. The topological polar surface area (TPSA) is 55.1 Å². The highest BCUT2D eigenvalue weighted by Gasteiger charge is 2.40. The molecule has 0 bridgehead atoms. The number of thiophene rings is 1. The summed E-state index contributed by atoms with van der Waals surface area (Å²) in [5.74, 6) is 0.159. The molecule has 3 nitrogen and oxygen atoms in total. The maximum atomic E-state index is 12.3. The first-order chi connectivity index (χ1) is 8.66. The Morgan fingerprint density at radius 1 is 1.53 bits per heavy atom. The van der Waals surface area contributed by atoms with Gasteiger partial charge in [0.25, 0.3) is 0 Å². The van der Waals surface area contributed by atoms with E-state index in [2.05, 4.69) is 23.7 Å². The summed E-state index contributed by atoms with van der Waals surface area (Å²) in [5, 5.41) is 5.21. The second kappa shape index (κ2) is 7.27. The van der Waals surface area contributed by atoms with Crippen LogP contribution in [0.3, 0.4) is 0 Å². The Hall–Kier alpha value is -0.580. The van der Waals surface area contributed by atoms with Crippen molar-refractivity contribution < 1.29 is 4.79 Å². The Kier molecular flexibility index (Phi) is 6.30. The molecular formula is C14H23ClN2OS. The standard InChI is InChI=1S/C14H22N2OS.ClH/c1-11(9-12-5-4-8-18-12)16-13(17)14(10-15)6-2-3-7-14;/h4-5,8,11H,2-3,6-7,9-10,15H2,1H3,(H,16,17);1H. The van der Waals surface area contributed by atoms with Gasteiger partial charge >= 0.3 is 0 Å². The maximum Gasteiger partial charge on any atom is 0.227 e. The third-order valence-corrected chi connectivity index (χ3v) is 4.80. The Bertz CT molecular complexity index is 388. The molecule has 1 amide bonds. The van der Waals surface area contributed by atoms with Gasteiger partial charge in [0, 0.05) is 23.9 Å². The summed E-state index contributed by atoms with van der Waals surface area (Å²) >= 11 is 1.74. The molecule has 19 heavy (non-hydrogen) atoms. The third kappa shape index (κ3) is 3.94. The van der Waals surface area contributed by atoms with Crippen LogP contribution in [0, 0.1) is 5.41 Å². The summed E-state index contributed by atoms with van der Waals surface area (Å²) < 4.78 is 0. The number of hydrogen-bond acceptors (Lipinski definition) is 3. The van der Waals surface area contributed by atoms with E-state index < -0.39 is 0 Å². The quantitative estimate of drug-likeness (QED) is 0.879. The molecule has 0 saturated heterocycles. The average molecular weight is 303 g/mol. The lowest BCUT2D eigenvalue weighted by molar-refractivity contribution is -0.130. The fourth-order valence-corrected chi connectivity index (χ4v) is 3.57. The lowest BCUT2D eigenvalue weighted by Gasteiger charge is -2.27. The predicted molar refractivity (Wildman–Crippen MR) is 82.8 cm³/mol. The molecule has 1 aromatic heterocycles. The van der Waals surface area contributed by atoms with Crippen LogP contribution in [-0.4, -0.2) is 18.5 Å². The monoisotopic (exact) mass is 302 g/mol. The number of carbonyl (C=O) groups is 1.